The molecular weight excluding hydrogens is 287 g/mol. The summed E-state index contributed by atoms with van der Waals surface area (Å²) in [6, 6.07) is 10.9. The molecule has 0 saturated carbocycles. The molecule has 1 atom stereocenters. The molecule has 0 fully saturated rings. The molecule has 2 N–H and O–H groups in total. The van der Waals surface area contributed by atoms with Gasteiger partial charge in [0, 0.05) is 4.90 Å². The SMILES string of the molecule is Cc1cc(Sc2nc3ccccc3[nH]2)c([C@H](C)O)cc1F. The molecule has 3 aromatic rings. The van der Waals surface area contributed by atoms with E-state index in [0.29, 0.717) is 11.1 Å². The van der Waals surface area contributed by atoms with Crippen molar-refractivity contribution in [2.75, 3.05) is 0 Å². The van der Waals surface area contributed by atoms with Crippen LogP contribution in [0.25, 0.3) is 11.0 Å². The van der Waals surface area contributed by atoms with Crippen molar-refractivity contribution in [1.82, 2.24) is 9.97 Å². The number of hydrogen-bond acceptors (Lipinski definition) is 3. The normalized spacial score (nSPS) is 12.8. The maximum absolute atomic E-state index is 13.7. The van der Waals surface area contributed by atoms with E-state index in [1.807, 2.05) is 24.3 Å². The van der Waals surface area contributed by atoms with Gasteiger partial charge in [-0.05, 0) is 49.2 Å². The van der Waals surface area contributed by atoms with Crippen molar-refractivity contribution >= 4 is 22.8 Å². The summed E-state index contributed by atoms with van der Waals surface area (Å²) >= 11 is 1.40. The Morgan fingerprint density at radius 2 is 2.05 bits per heavy atom. The highest BCUT2D eigenvalue weighted by molar-refractivity contribution is 7.99. The highest BCUT2D eigenvalue weighted by atomic mass is 32.2. The van der Waals surface area contributed by atoms with Gasteiger partial charge in [-0.25, -0.2) is 9.37 Å². The molecule has 0 saturated heterocycles. The summed E-state index contributed by atoms with van der Waals surface area (Å²) in [7, 11) is 0. The van der Waals surface area contributed by atoms with Crippen molar-refractivity contribution in [2.45, 2.75) is 30.0 Å². The van der Waals surface area contributed by atoms with E-state index in [1.165, 1.54) is 17.8 Å². The molecule has 0 aliphatic carbocycles. The molecule has 108 valence electrons. The maximum atomic E-state index is 13.7. The number of hydrogen-bond donors (Lipinski definition) is 2. The van der Waals surface area contributed by atoms with E-state index >= 15 is 0 Å². The molecule has 3 rings (SSSR count). The van der Waals surface area contributed by atoms with Crippen LogP contribution in [0, 0.1) is 12.7 Å². The number of aryl methyl sites for hydroxylation is 1. The first-order chi connectivity index (χ1) is 10.0. The number of imidazole rings is 1. The number of aliphatic hydroxyl groups is 1. The summed E-state index contributed by atoms with van der Waals surface area (Å²) in [6.07, 6.45) is -0.730. The number of nitrogens with zero attached hydrogens (tertiary/aromatic N) is 1. The third kappa shape index (κ3) is 2.80. The van der Waals surface area contributed by atoms with Crippen molar-refractivity contribution in [2.24, 2.45) is 0 Å². The molecule has 5 heteroatoms. The van der Waals surface area contributed by atoms with Gasteiger partial charge < -0.3 is 10.1 Å². The first-order valence-electron chi connectivity index (χ1n) is 6.65. The minimum absolute atomic E-state index is 0.306. The zero-order valence-corrected chi connectivity index (χ0v) is 12.5. The third-order valence-corrected chi connectivity index (χ3v) is 4.28. The van der Waals surface area contributed by atoms with Crippen LogP contribution in [0.1, 0.15) is 24.2 Å². The maximum Gasteiger partial charge on any atom is 0.171 e. The van der Waals surface area contributed by atoms with Gasteiger partial charge in [-0.2, -0.15) is 0 Å². The van der Waals surface area contributed by atoms with Gasteiger partial charge in [-0.3, -0.25) is 0 Å². The van der Waals surface area contributed by atoms with Gasteiger partial charge >= 0.3 is 0 Å². The standard InChI is InChI=1S/C16H15FN2OS/c1-9-7-15(11(10(2)20)8-12(9)17)21-16-18-13-5-3-4-6-14(13)19-16/h3-8,10,20H,1-2H3,(H,18,19)/t10-/m0/s1. The number of nitrogens with one attached hydrogen (secondary N) is 1. The first-order valence-corrected chi connectivity index (χ1v) is 7.47. The van der Waals surface area contributed by atoms with E-state index in [1.54, 1.807) is 19.9 Å². The fourth-order valence-corrected chi connectivity index (χ4v) is 3.26. The topological polar surface area (TPSA) is 48.9 Å². The van der Waals surface area contributed by atoms with Crippen LogP contribution in [-0.4, -0.2) is 15.1 Å². The monoisotopic (exact) mass is 302 g/mol. The van der Waals surface area contributed by atoms with Gasteiger partial charge in [0.05, 0.1) is 17.1 Å². The molecule has 0 bridgehead atoms. The predicted octanol–water partition coefficient (Wildman–Crippen LogP) is 4.21. The lowest BCUT2D eigenvalue weighted by Crippen LogP contribution is -1.97. The van der Waals surface area contributed by atoms with E-state index in [4.69, 9.17) is 0 Å². The van der Waals surface area contributed by atoms with Crippen LogP contribution >= 0.6 is 11.8 Å². The highest BCUT2D eigenvalue weighted by Crippen LogP contribution is 2.34. The van der Waals surface area contributed by atoms with Gasteiger partial charge in [-0.15, -0.1) is 0 Å². The lowest BCUT2D eigenvalue weighted by Gasteiger charge is -2.12. The second kappa shape index (κ2) is 5.50. The van der Waals surface area contributed by atoms with E-state index in [-0.39, 0.29) is 5.82 Å². The Morgan fingerprint density at radius 3 is 2.76 bits per heavy atom. The molecule has 1 aromatic heterocycles. The fraction of sp³-hybridized carbons (Fsp3) is 0.188. The fourth-order valence-electron chi connectivity index (χ4n) is 2.17. The lowest BCUT2D eigenvalue weighted by molar-refractivity contribution is 0.196. The Balaban J connectivity index is 2.02. The number of halogens is 1. The Kier molecular flexibility index (Phi) is 3.69. The number of benzene rings is 2. The molecule has 2 aromatic carbocycles. The van der Waals surface area contributed by atoms with Crippen molar-refractivity contribution in [3.63, 3.8) is 0 Å². The van der Waals surface area contributed by atoms with Crippen LogP contribution in [0.3, 0.4) is 0 Å². The Bertz CT molecular complexity index is 765. The number of H-pyrrole nitrogens is 1. The smallest absolute Gasteiger partial charge is 0.171 e. The van der Waals surface area contributed by atoms with Gasteiger partial charge in [0.2, 0.25) is 0 Å². The average molecular weight is 302 g/mol. The zero-order chi connectivity index (χ0) is 15.0. The second-order valence-corrected chi connectivity index (χ2v) is 6.01. The lowest BCUT2D eigenvalue weighted by atomic mass is 10.1. The van der Waals surface area contributed by atoms with Gasteiger partial charge in [0.25, 0.3) is 0 Å². The zero-order valence-electron chi connectivity index (χ0n) is 11.7. The average Bonchev–Trinajstić information content (AvgIpc) is 2.84. The highest BCUT2D eigenvalue weighted by Gasteiger charge is 2.14. The van der Waals surface area contributed by atoms with Crippen molar-refractivity contribution in [3.05, 3.63) is 53.3 Å². The molecule has 0 amide bonds. The summed E-state index contributed by atoms with van der Waals surface area (Å²) in [4.78, 5) is 8.52. The Morgan fingerprint density at radius 1 is 1.29 bits per heavy atom. The number of fused-ring (bicyclic) bond motifs is 1. The van der Waals surface area contributed by atoms with Gasteiger partial charge in [-0.1, -0.05) is 23.9 Å². The summed E-state index contributed by atoms with van der Waals surface area (Å²) < 4.78 is 13.7. The minimum atomic E-state index is -0.730. The number of aliphatic hydroxyl groups excluding tert-OH is 1. The van der Waals surface area contributed by atoms with Crippen LogP contribution < -0.4 is 0 Å². The summed E-state index contributed by atoms with van der Waals surface area (Å²) in [6.45, 7) is 3.34. The quantitative estimate of drug-likeness (QED) is 0.761. The summed E-state index contributed by atoms with van der Waals surface area (Å²) in [5.41, 5.74) is 2.97. The van der Waals surface area contributed by atoms with E-state index in [2.05, 4.69) is 9.97 Å². The Hall–Kier alpha value is -1.85. The second-order valence-electron chi connectivity index (χ2n) is 4.98. The largest absolute Gasteiger partial charge is 0.389 e. The molecule has 0 radical (unpaired) electrons. The summed E-state index contributed by atoms with van der Waals surface area (Å²) in [5.74, 6) is -0.306. The number of aromatic amines is 1. The number of rotatable bonds is 3. The van der Waals surface area contributed by atoms with Crippen molar-refractivity contribution in [3.8, 4) is 0 Å². The van der Waals surface area contributed by atoms with E-state index in [9.17, 15) is 9.50 Å². The predicted molar refractivity (Wildman–Crippen MR) is 82.0 cm³/mol. The van der Waals surface area contributed by atoms with Crippen LogP contribution in [0.4, 0.5) is 4.39 Å². The number of para-hydroxylation sites is 2. The van der Waals surface area contributed by atoms with E-state index < -0.39 is 6.10 Å². The number of aromatic nitrogens is 2. The molecule has 0 aliphatic heterocycles. The van der Waals surface area contributed by atoms with Crippen LogP contribution in [-0.2, 0) is 0 Å². The van der Waals surface area contributed by atoms with Crippen molar-refractivity contribution < 1.29 is 9.50 Å². The molecule has 0 spiro atoms. The van der Waals surface area contributed by atoms with Gasteiger partial charge in [0.1, 0.15) is 5.82 Å². The molecule has 21 heavy (non-hydrogen) atoms. The molecule has 1 heterocycles. The van der Waals surface area contributed by atoms with Gasteiger partial charge in [0.15, 0.2) is 5.16 Å². The third-order valence-electron chi connectivity index (χ3n) is 3.32. The van der Waals surface area contributed by atoms with E-state index in [0.717, 1.165) is 21.1 Å². The minimum Gasteiger partial charge on any atom is -0.389 e. The first kappa shape index (κ1) is 14.1. The summed E-state index contributed by atoms with van der Waals surface area (Å²) in [5, 5.41) is 10.6. The van der Waals surface area contributed by atoms with Crippen LogP contribution in [0.5, 0.6) is 0 Å². The Labute approximate surface area is 126 Å². The molecule has 0 aliphatic rings. The molecule has 3 nitrogen and oxygen atoms in total. The molecule has 0 unspecified atom stereocenters. The van der Waals surface area contributed by atoms with Crippen LogP contribution in [0.15, 0.2) is 46.5 Å². The van der Waals surface area contributed by atoms with Crippen molar-refractivity contribution in [1.29, 1.82) is 0 Å². The van der Waals surface area contributed by atoms with Crippen LogP contribution in [0.2, 0.25) is 0 Å². The molecular formula is C16H15FN2OS.